The van der Waals surface area contributed by atoms with Gasteiger partial charge >= 0.3 is 0 Å². The Morgan fingerprint density at radius 1 is 1.21 bits per heavy atom. The molecule has 0 atom stereocenters. The molecule has 3 heterocycles. The highest BCUT2D eigenvalue weighted by molar-refractivity contribution is 7.89. The van der Waals surface area contributed by atoms with Crippen molar-refractivity contribution >= 4 is 21.1 Å². The van der Waals surface area contributed by atoms with Crippen molar-refractivity contribution in [1.29, 1.82) is 0 Å². The largest absolute Gasteiger partial charge is 0.468 e. The summed E-state index contributed by atoms with van der Waals surface area (Å²) in [5.41, 5.74) is 1.51. The van der Waals surface area contributed by atoms with Crippen molar-refractivity contribution in [2.24, 2.45) is 0 Å². The normalized spacial score (nSPS) is 12.1. The van der Waals surface area contributed by atoms with E-state index >= 15 is 0 Å². The Hall–Kier alpha value is -3.08. The highest BCUT2D eigenvalue weighted by atomic mass is 32.2. The molecule has 0 radical (unpaired) electrons. The van der Waals surface area contributed by atoms with E-state index in [2.05, 4.69) is 15.0 Å². The molecule has 0 spiro atoms. The van der Waals surface area contributed by atoms with E-state index in [1.54, 1.807) is 24.4 Å². The molecule has 3 aromatic heterocycles. The number of aliphatic hydroxyl groups is 1. The molecule has 0 fully saturated rings. The first kappa shape index (κ1) is 19.2. The number of benzene rings is 1. The van der Waals surface area contributed by atoms with Crippen LogP contribution in [-0.2, 0) is 16.6 Å². The molecular formula is C19H17FN4O4S. The van der Waals surface area contributed by atoms with E-state index in [-0.39, 0.29) is 13.1 Å². The Labute approximate surface area is 165 Å². The Balaban J connectivity index is 1.71. The van der Waals surface area contributed by atoms with Crippen molar-refractivity contribution in [2.45, 2.75) is 11.4 Å². The minimum Gasteiger partial charge on any atom is -0.468 e. The molecule has 0 saturated heterocycles. The van der Waals surface area contributed by atoms with Crippen molar-refractivity contribution < 1.29 is 22.3 Å². The minimum atomic E-state index is -4.20. The number of nitrogens with zero attached hydrogens (tertiary/aromatic N) is 3. The summed E-state index contributed by atoms with van der Waals surface area (Å²) in [5, 5.41) is 9.97. The smallest absolute Gasteiger partial charge is 0.246 e. The maximum absolute atomic E-state index is 14.9. The van der Waals surface area contributed by atoms with Crippen molar-refractivity contribution in [3.8, 4) is 11.3 Å². The third kappa shape index (κ3) is 3.65. The molecule has 150 valence electrons. The van der Waals surface area contributed by atoms with Crippen molar-refractivity contribution in [3.63, 3.8) is 0 Å². The van der Waals surface area contributed by atoms with Crippen molar-refractivity contribution in [3.05, 3.63) is 66.8 Å². The van der Waals surface area contributed by atoms with Gasteiger partial charge in [-0.2, -0.15) is 4.31 Å². The first-order valence-corrected chi connectivity index (χ1v) is 10.2. The number of aliphatic hydroxyl groups excluding tert-OH is 1. The van der Waals surface area contributed by atoms with Gasteiger partial charge < -0.3 is 14.5 Å². The number of fused-ring (bicyclic) bond motifs is 1. The summed E-state index contributed by atoms with van der Waals surface area (Å²) >= 11 is 0. The lowest BCUT2D eigenvalue weighted by Crippen LogP contribution is -2.33. The van der Waals surface area contributed by atoms with Gasteiger partial charge in [-0.3, -0.25) is 0 Å². The number of hydrogen-bond acceptors (Lipinski definition) is 6. The van der Waals surface area contributed by atoms with Crippen molar-refractivity contribution in [1.82, 2.24) is 19.3 Å². The van der Waals surface area contributed by atoms with E-state index in [9.17, 15) is 17.9 Å². The predicted molar refractivity (Wildman–Crippen MR) is 103 cm³/mol. The second-order valence-corrected chi connectivity index (χ2v) is 8.16. The van der Waals surface area contributed by atoms with Gasteiger partial charge in [0.25, 0.3) is 0 Å². The average Bonchev–Trinajstić information content (AvgIpc) is 3.38. The first-order valence-electron chi connectivity index (χ1n) is 8.72. The zero-order chi connectivity index (χ0) is 20.4. The number of aromatic nitrogens is 3. The SMILES string of the molecule is O=S(=O)(c1ccc(-c2ncnc3[nH]ccc23)cc1F)N(CCO)Cc1ccco1. The maximum atomic E-state index is 14.9. The summed E-state index contributed by atoms with van der Waals surface area (Å²) in [6.07, 6.45) is 4.46. The quantitative estimate of drug-likeness (QED) is 0.479. The topological polar surface area (TPSA) is 112 Å². The third-order valence-corrected chi connectivity index (χ3v) is 6.32. The number of nitrogens with one attached hydrogen (secondary N) is 1. The number of H-pyrrole nitrogens is 1. The van der Waals surface area contributed by atoms with Crippen LogP contribution in [0.15, 0.2) is 64.5 Å². The van der Waals surface area contributed by atoms with E-state index in [0.29, 0.717) is 28.1 Å². The van der Waals surface area contributed by atoms with Gasteiger partial charge in [-0.05, 0) is 30.3 Å². The molecule has 4 aromatic rings. The summed E-state index contributed by atoms with van der Waals surface area (Å²) in [7, 11) is -4.20. The van der Waals surface area contributed by atoms with Crippen molar-refractivity contribution in [2.75, 3.05) is 13.2 Å². The molecule has 0 aliphatic rings. The molecule has 0 amide bonds. The highest BCUT2D eigenvalue weighted by Gasteiger charge is 2.28. The molecule has 29 heavy (non-hydrogen) atoms. The van der Waals surface area contributed by atoms with Crippen LogP contribution in [0.1, 0.15) is 5.76 Å². The zero-order valence-electron chi connectivity index (χ0n) is 15.1. The lowest BCUT2D eigenvalue weighted by Gasteiger charge is -2.20. The summed E-state index contributed by atoms with van der Waals surface area (Å²) in [4.78, 5) is 10.7. The van der Waals surface area contributed by atoms with Gasteiger partial charge in [-0.15, -0.1) is 0 Å². The molecule has 8 nitrogen and oxygen atoms in total. The van der Waals surface area contributed by atoms with Crippen LogP contribution >= 0.6 is 0 Å². The Kier molecular flexibility index (Phi) is 5.14. The monoisotopic (exact) mass is 416 g/mol. The lowest BCUT2D eigenvalue weighted by atomic mass is 10.1. The van der Waals surface area contributed by atoms with Gasteiger partial charge in [0.15, 0.2) is 0 Å². The minimum absolute atomic E-state index is 0.118. The van der Waals surface area contributed by atoms with Crippen LogP contribution in [-0.4, -0.2) is 45.9 Å². The van der Waals surface area contributed by atoms with Crippen LogP contribution in [0.4, 0.5) is 4.39 Å². The van der Waals surface area contributed by atoms with Crippen LogP contribution in [0.25, 0.3) is 22.3 Å². The second-order valence-electron chi connectivity index (χ2n) is 6.25. The van der Waals surface area contributed by atoms with Crippen LogP contribution < -0.4 is 0 Å². The summed E-state index contributed by atoms with van der Waals surface area (Å²) < 4.78 is 47.0. The molecular weight excluding hydrogens is 399 g/mol. The van der Waals surface area contributed by atoms with Crippen LogP contribution in [0.3, 0.4) is 0 Å². The number of rotatable bonds is 7. The van der Waals surface area contributed by atoms with Gasteiger partial charge in [0.2, 0.25) is 10.0 Å². The van der Waals surface area contributed by atoms with Crippen LogP contribution in [0.5, 0.6) is 0 Å². The molecule has 2 N–H and O–H groups in total. The number of hydrogen-bond donors (Lipinski definition) is 2. The Morgan fingerprint density at radius 2 is 2.07 bits per heavy atom. The molecule has 1 aromatic carbocycles. The predicted octanol–water partition coefficient (Wildman–Crippen LogP) is 2.54. The van der Waals surface area contributed by atoms with E-state index in [1.807, 2.05) is 0 Å². The second kappa shape index (κ2) is 7.74. The van der Waals surface area contributed by atoms with Gasteiger partial charge in [-0.25, -0.2) is 22.8 Å². The van der Waals surface area contributed by atoms with E-state index in [4.69, 9.17) is 4.42 Å². The lowest BCUT2D eigenvalue weighted by molar-refractivity contribution is 0.244. The summed E-state index contributed by atoms with van der Waals surface area (Å²) in [5.74, 6) is -0.526. The Morgan fingerprint density at radius 3 is 2.79 bits per heavy atom. The number of furan rings is 1. The van der Waals surface area contributed by atoms with Crippen LogP contribution in [0.2, 0.25) is 0 Å². The van der Waals surface area contributed by atoms with Gasteiger partial charge in [-0.1, -0.05) is 6.07 Å². The fourth-order valence-corrected chi connectivity index (χ4v) is 4.51. The zero-order valence-corrected chi connectivity index (χ0v) is 15.9. The number of halogens is 1. The maximum Gasteiger partial charge on any atom is 0.246 e. The third-order valence-electron chi connectivity index (χ3n) is 4.44. The fraction of sp³-hybridized carbons (Fsp3) is 0.158. The standard InChI is InChI=1S/C19H17FN4O4S/c20-16-10-13(18-15-5-6-21-19(15)23-12-22-18)3-4-17(16)29(26,27)24(7-8-25)11-14-2-1-9-28-14/h1-6,9-10,12,25H,7-8,11H2,(H,21,22,23). The number of aromatic amines is 1. The average molecular weight is 416 g/mol. The summed E-state index contributed by atoms with van der Waals surface area (Å²) in [6.45, 7) is -0.723. The number of sulfonamides is 1. The first-order chi connectivity index (χ1) is 14.0. The van der Waals surface area contributed by atoms with Gasteiger partial charge in [0.05, 0.1) is 25.1 Å². The molecule has 0 aliphatic heterocycles. The van der Waals surface area contributed by atoms with E-state index < -0.39 is 27.3 Å². The van der Waals surface area contributed by atoms with E-state index in [0.717, 1.165) is 10.4 Å². The molecule has 0 saturated carbocycles. The molecule has 0 bridgehead atoms. The van der Waals surface area contributed by atoms with Gasteiger partial charge in [0, 0.05) is 23.7 Å². The van der Waals surface area contributed by atoms with Crippen LogP contribution in [0, 0.1) is 5.82 Å². The summed E-state index contributed by atoms with van der Waals surface area (Å²) in [6, 6.07) is 8.82. The van der Waals surface area contributed by atoms with Gasteiger partial charge in [0.1, 0.15) is 28.4 Å². The molecule has 10 heteroatoms. The van der Waals surface area contributed by atoms with E-state index in [1.165, 1.54) is 24.7 Å². The Bertz CT molecular complexity index is 1240. The highest BCUT2D eigenvalue weighted by Crippen LogP contribution is 2.29. The molecule has 0 unspecified atom stereocenters. The fourth-order valence-electron chi connectivity index (χ4n) is 3.07. The molecule has 0 aliphatic carbocycles. The molecule has 4 rings (SSSR count).